The van der Waals surface area contributed by atoms with Gasteiger partial charge in [-0.2, -0.15) is 0 Å². The number of carboxylic acids is 1. The summed E-state index contributed by atoms with van der Waals surface area (Å²) in [5, 5.41) is 14.1. The van der Waals surface area contributed by atoms with Gasteiger partial charge < -0.3 is 16.6 Å². The van der Waals surface area contributed by atoms with Crippen LogP contribution < -0.4 is 11.5 Å². The minimum atomic E-state index is -0.912. The second-order valence-corrected chi connectivity index (χ2v) is 3.81. The van der Waals surface area contributed by atoms with E-state index >= 15 is 0 Å². The van der Waals surface area contributed by atoms with E-state index in [-0.39, 0.29) is 18.5 Å². The molecule has 1 saturated carbocycles. The molecule has 0 aliphatic heterocycles. The van der Waals surface area contributed by atoms with Crippen molar-refractivity contribution in [1.29, 1.82) is 0 Å². The Kier molecular flexibility index (Phi) is 4.20. The van der Waals surface area contributed by atoms with Crippen LogP contribution in [0.3, 0.4) is 0 Å². The lowest BCUT2D eigenvalue weighted by Gasteiger charge is -2.30. The van der Waals surface area contributed by atoms with E-state index < -0.39 is 5.97 Å². The Morgan fingerprint density at radius 1 is 1.33 bits per heavy atom. The number of guanidine groups is 1. The molecular formula is C9H18N4O2. The molecule has 0 unspecified atom stereocenters. The Labute approximate surface area is 88.9 Å². The first-order valence-corrected chi connectivity index (χ1v) is 5.17. The quantitative estimate of drug-likeness (QED) is 0.344. The van der Waals surface area contributed by atoms with E-state index in [1.165, 1.54) is 11.4 Å². The molecule has 0 bridgehead atoms. The van der Waals surface area contributed by atoms with Crippen LogP contribution >= 0.6 is 0 Å². The topological polar surface area (TPSA) is 105 Å². The zero-order valence-corrected chi connectivity index (χ0v) is 8.72. The molecule has 0 amide bonds. The van der Waals surface area contributed by atoms with E-state index in [2.05, 4.69) is 5.10 Å². The zero-order valence-electron chi connectivity index (χ0n) is 8.72. The van der Waals surface area contributed by atoms with Crippen molar-refractivity contribution in [3.8, 4) is 0 Å². The van der Waals surface area contributed by atoms with E-state index in [9.17, 15) is 4.79 Å². The maximum absolute atomic E-state index is 10.6. The Morgan fingerprint density at radius 2 is 1.93 bits per heavy atom. The van der Waals surface area contributed by atoms with Crippen molar-refractivity contribution < 1.29 is 9.90 Å². The van der Waals surface area contributed by atoms with E-state index in [1.54, 1.807) is 0 Å². The van der Waals surface area contributed by atoms with Crippen molar-refractivity contribution in [2.75, 3.05) is 6.54 Å². The monoisotopic (exact) mass is 214 g/mol. The molecule has 1 fully saturated rings. The fraction of sp³-hybridized carbons (Fsp3) is 0.778. The number of rotatable bonds is 4. The van der Waals surface area contributed by atoms with E-state index in [0.29, 0.717) is 0 Å². The summed E-state index contributed by atoms with van der Waals surface area (Å²) in [6.45, 7) is -0.136. The highest BCUT2D eigenvalue weighted by atomic mass is 16.4. The number of hydrogen-bond donors (Lipinski definition) is 3. The number of nitrogens with zero attached hydrogens (tertiary/aromatic N) is 2. The maximum Gasteiger partial charge on any atom is 0.324 e. The van der Waals surface area contributed by atoms with E-state index in [4.69, 9.17) is 16.6 Å². The van der Waals surface area contributed by atoms with Crippen LogP contribution in [0.1, 0.15) is 32.1 Å². The molecule has 6 heteroatoms. The summed E-state index contributed by atoms with van der Waals surface area (Å²) in [4.78, 5) is 10.6. The lowest BCUT2D eigenvalue weighted by atomic mass is 9.95. The third-order valence-corrected chi connectivity index (χ3v) is 2.54. The molecule has 15 heavy (non-hydrogen) atoms. The molecule has 0 aromatic heterocycles. The summed E-state index contributed by atoms with van der Waals surface area (Å²) in [6, 6.07) is 0.164. The number of aliphatic carboxylic acids is 1. The highest BCUT2D eigenvalue weighted by molar-refractivity contribution is 5.76. The van der Waals surface area contributed by atoms with Crippen LogP contribution in [0.4, 0.5) is 0 Å². The molecular weight excluding hydrogens is 196 g/mol. The molecule has 1 aliphatic carbocycles. The average molecular weight is 214 g/mol. The van der Waals surface area contributed by atoms with E-state index in [0.717, 1.165) is 25.7 Å². The van der Waals surface area contributed by atoms with Gasteiger partial charge in [-0.1, -0.05) is 19.3 Å². The summed E-state index contributed by atoms with van der Waals surface area (Å²) in [5.74, 6) is -0.993. The van der Waals surface area contributed by atoms with Gasteiger partial charge >= 0.3 is 5.97 Å². The van der Waals surface area contributed by atoms with Crippen molar-refractivity contribution in [1.82, 2.24) is 5.01 Å². The molecule has 0 heterocycles. The zero-order chi connectivity index (χ0) is 11.3. The minimum absolute atomic E-state index is 0.0816. The first-order chi connectivity index (χ1) is 7.09. The van der Waals surface area contributed by atoms with Crippen LogP contribution in [0, 0.1) is 0 Å². The van der Waals surface area contributed by atoms with Crippen LogP contribution in [-0.4, -0.2) is 34.6 Å². The van der Waals surface area contributed by atoms with Crippen molar-refractivity contribution in [3.05, 3.63) is 0 Å². The molecule has 5 N–H and O–H groups in total. The molecule has 0 aromatic rings. The van der Waals surface area contributed by atoms with Gasteiger partial charge in [0, 0.05) is 6.04 Å². The van der Waals surface area contributed by atoms with Gasteiger partial charge in [0.15, 0.2) is 0 Å². The SMILES string of the molecule is NC(N)=NN(CC(=O)O)C1CCCCC1. The molecule has 1 aliphatic rings. The van der Waals surface area contributed by atoms with Crippen LogP contribution in [0.2, 0.25) is 0 Å². The molecule has 0 spiro atoms. The molecule has 6 nitrogen and oxygen atoms in total. The Morgan fingerprint density at radius 3 is 2.40 bits per heavy atom. The Bertz CT molecular complexity index is 244. The second kappa shape index (κ2) is 5.43. The summed E-state index contributed by atoms with van der Waals surface area (Å²) in [7, 11) is 0. The molecule has 0 radical (unpaired) electrons. The highest BCUT2D eigenvalue weighted by Gasteiger charge is 2.21. The predicted molar refractivity (Wildman–Crippen MR) is 57.0 cm³/mol. The standard InChI is InChI=1S/C9H18N4O2/c10-9(11)12-13(6-8(14)15)7-4-2-1-3-5-7/h7H,1-6H2,(H,14,15)(H4,10,11,12). The van der Waals surface area contributed by atoms with Gasteiger partial charge in [-0.25, -0.2) is 0 Å². The smallest absolute Gasteiger partial charge is 0.324 e. The predicted octanol–water partition coefficient (Wildman–Crippen LogP) is -0.106. The molecule has 0 atom stereocenters. The lowest BCUT2D eigenvalue weighted by Crippen LogP contribution is -2.39. The van der Waals surface area contributed by atoms with Crippen molar-refractivity contribution >= 4 is 11.9 Å². The summed E-state index contributed by atoms with van der Waals surface area (Å²) in [6.07, 6.45) is 5.36. The molecule has 86 valence electrons. The van der Waals surface area contributed by atoms with Gasteiger partial charge in [-0.3, -0.25) is 9.80 Å². The number of hydrazone groups is 1. The van der Waals surface area contributed by atoms with Crippen molar-refractivity contribution in [2.24, 2.45) is 16.6 Å². The van der Waals surface area contributed by atoms with Crippen LogP contribution in [0.15, 0.2) is 5.10 Å². The van der Waals surface area contributed by atoms with Crippen LogP contribution in [0.5, 0.6) is 0 Å². The van der Waals surface area contributed by atoms with Gasteiger partial charge in [0.05, 0.1) is 0 Å². The fourth-order valence-electron chi connectivity index (χ4n) is 1.91. The average Bonchev–Trinajstić information content (AvgIpc) is 2.17. The molecule has 0 saturated heterocycles. The van der Waals surface area contributed by atoms with Crippen LogP contribution in [0.25, 0.3) is 0 Å². The van der Waals surface area contributed by atoms with E-state index in [1.807, 2.05) is 0 Å². The number of hydrogen-bond acceptors (Lipinski definition) is 3. The first-order valence-electron chi connectivity index (χ1n) is 5.17. The van der Waals surface area contributed by atoms with Gasteiger partial charge in [0.1, 0.15) is 6.54 Å². The summed E-state index contributed by atoms with van der Waals surface area (Å²) < 4.78 is 0. The third-order valence-electron chi connectivity index (χ3n) is 2.54. The lowest BCUT2D eigenvalue weighted by molar-refractivity contribution is -0.139. The summed E-state index contributed by atoms with van der Waals surface area (Å²) in [5.41, 5.74) is 10.5. The van der Waals surface area contributed by atoms with Gasteiger partial charge in [0.2, 0.25) is 5.96 Å². The summed E-state index contributed by atoms with van der Waals surface area (Å²) >= 11 is 0. The highest BCUT2D eigenvalue weighted by Crippen LogP contribution is 2.22. The third kappa shape index (κ3) is 4.05. The Hall–Kier alpha value is -1.46. The maximum atomic E-state index is 10.6. The van der Waals surface area contributed by atoms with Crippen molar-refractivity contribution in [3.63, 3.8) is 0 Å². The molecule has 0 aromatic carbocycles. The molecule has 1 rings (SSSR count). The van der Waals surface area contributed by atoms with Gasteiger partial charge in [-0.15, -0.1) is 5.10 Å². The fourth-order valence-corrected chi connectivity index (χ4v) is 1.91. The normalized spacial score (nSPS) is 17.1. The largest absolute Gasteiger partial charge is 0.480 e. The van der Waals surface area contributed by atoms with Crippen molar-refractivity contribution in [2.45, 2.75) is 38.1 Å². The number of carboxylic acid groups (broad SMARTS) is 1. The number of carbonyl (C=O) groups is 1. The first kappa shape index (κ1) is 11.6. The Balaban J connectivity index is 2.61. The van der Waals surface area contributed by atoms with Crippen LogP contribution in [-0.2, 0) is 4.79 Å². The number of nitrogens with two attached hydrogens (primary N) is 2. The second-order valence-electron chi connectivity index (χ2n) is 3.81. The van der Waals surface area contributed by atoms with Gasteiger partial charge in [0.25, 0.3) is 0 Å². The minimum Gasteiger partial charge on any atom is -0.480 e. The van der Waals surface area contributed by atoms with Gasteiger partial charge in [-0.05, 0) is 12.8 Å².